The normalized spacial score (nSPS) is 13.3. The predicted octanol–water partition coefficient (Wildman–Crippen LogP) is 6.00. The summed E-state index contributed by atoms with van der Waals surface area (Å²) < 4.78 is 14.7. The van der Waals surface area contributed by atoms with Crippen LogP contribution in [0.1, 0.15) is 23.3 Å². The van der Waals surface area contributed by atoms with Crippen LogP contribution in [0.2, 0.25) is 10.0 Å². The molecule has 1 saturated heterocycles. The second-order valence-electron chi connectivity index (χ2n) is 8.90. The summed E-state index contributed by atoms with van der Waals surface area (Å²) in [5.41, 5.74) is 0.504. The van der Waals surface area contributed by atoms with E-state index >= 15 is 0 Å². The first-order valence-corrected chi connectivity index (χ1v) is 12.5. The lowest BCUT2D eigenvalue weighted by atomic mass is 10.1. The van der Waals surface area contributed by atoms with Crippen molar-refractivity contribution in [1.29, 1.82) is 0 Å². The van der Waals surface area contributed by atoms with Crippen LogP contribution < -0.4 is 10.5 Å². The first-order chi connectivity index (χ1) is 18.2. The van der Waals surface area contributed by atoms with Gasteiger partial charge in [-0.3, -0.25) is 24.3 Å². The number of hydrogen-bond acceptors (Lipinski definition) is 5. The SMILES string of the molecule is C.O=C(c1ccc(Cl)c(Cl)c1)N1CCN(c2c([N+](=O)[O-])c(=O)n(Cc3ccc(F)cc3)c3ccccc23)CC1. The number of halogens is 3. The number of amides is 1. The van der Waals surface area contributed by atoms with Crippen molar-refractivity contribution >= 4 is 51.4 Å². The first-order valence-electron chi connectivity index (χ1n) is 11.8. The van der Waals surface area contributed by atoms with E-state index in [2.05, 4.69) is 0 Å². The third-order valence-corrected chi connectivity index (χ3v) is 7.35. The lowest BCUT2D eigenvalue weighted by Crippen LogP contribution is -2.49. The highest BCUT2D eigenvalue weighted by Crippen LogP contribution is 2.34. The van der Waals surface area contributed by atoms with Crippen molar-refractivity contribution in [2.45, 2.75) is 14.0 Å². The van der Waals surface area contributed by atoms with E-state index in [1.54, 1.807) is 58.3 Å². The number of benzene rings is 3. The number of aromatic nitrogens is 1. The summed E-state index contributed by atoms with van der Waals surface area (Å²) in [6.45, 7) is 1.22. The molecule has 202 valence electrons. The highest BCUT2D eigenvalue weighted by Gasteiger charge is 2.32. The maximum absolute atomic E-state index is 13.5. The standard InChI is InChI=1S/C27H21Cl2FN4O4.CH4/c28-21-10-7-18(15-22(21)29)26(35)32-13-11-31(12-14-32)24-20-3-1-2-4-23(20)33(27(36)25(24)34(37)38)16-17-5-8-19(30)9-6-17;/h1-10,15H,11-14,16H2;1H4. The number of para-hydroxylation sites is 1. The summed E-state index contributed by atoms with van der Waals surface area (Å²) in [6, 6.07) is 17.3. The number of fused-ring (bicyclic) bond motifs is 1. The number of pyridine rings is 1. The lowest BCUT2D eigenvalue weighted by Gasteiger charge is -2.36. The number of hydrogen-bond donors (Lipinski definition) is 0. The Morgan fingerprint density at radius 1 is 0.949 bits per heavy atom. The summed E-state index contributed by atoms with van der Waals surface area (Å²) >= 11 is 12.0. The van der Waals surface area contributed by atoms with Gasteiger partial charge in [-0.2, -0.15) is 0 Å². The van der Waals surface area contributed by atoms with Crippen LogP contribution in [-0.2, 0) is 6.54 Å². The zero-order valence-electron chi connectivity index (χ0n) is 19.9. The number of piperazine rings is 1. The molecule has 0 spiro atoms. The van der Waals surface area contributed by atoms with Crippen LogP contribution in [0.5, 0.6) is 0 Å². The molecule has 0 atom stereocenters. The molecule has 8 nitrogen and oxygen atoms in total. The van der Waals surface area contributed by atoms with Crippen molar-refractivity contribution in [3.8, 4) is 0 Å². The number of rotatable bonds is 5. The Labute approximate surface area is 233 Å². The van der Waals surface area contributed by atoms with Crippen molar-refractivity contribution in [3.05, 3.63) is 114 Å². The Hall–Kier alpha value is -3.95. The zero-order chi connectivity index (χ0) is 27.0. The van der Waals surface area contributed by atoms with Crippen molar-refractivity contribution in [3.63, 3.8) is 0 Å². The molecule has 2 heterocycles. The number of carbonyl (C=O) groups is 1. The van der Waals surface area contributed by atoms with Crippen LogP contribution in [0, 0.1) is 15.9 Å². The minimum absolute atomic E-state index is 0. The molecule has 11 heteroatoms. The molecule has 0 saturated carbocycles. The fourth-order valence-corrected chi connectivity index (χ4v) is 5.03. The van der Waals surface area contributed by atoms with Gasteiger partial charge in [0.2, 0.25) is 0 Å². The average Bonchev–Trinajstić information content (AvgIpc) is 2.92. The zero-order valence-corrected chi connectivity index (χ0v) is 21.5. The van der Waals surface area contributed by atoms with E-state index in [1.807, 2.05) is 0 Å². The Balaban J connectivity index is 0.00000353. The molecule has 1 fully saturated rings. The maximum atomic E-state index is 13.5. The molecule has 0 aliphatic carbocycles. The molecule has 0 N–H and O–H groups in total. The van der Waals surface area contributed by atoms with Crippen LogP contribution in [0.15, 0.2) is 71.5 Å². The Bertz CT molecular complexity index is 1620. The van der Waals surface area contributed by atoms with Crippen LogP contribution in [-0.4, -0.2) is 46.5 Å². The molecule has 39 heavy (non-hydrogen) atoms. The molecule has 3 aromatic carbocycles. The summed E-state index contributed by atoms with van der Waals surface area (Å²) in [6.07, 6.45) is 0. The van der Waals surface area contributed by atoms with E-state index in [1.165, 1.54) is 22.8 Å². The van der Waals surface area contributed by atoms with Gasteiger partial charge in [0.15, 0.2) is 0 Å². The lowest BCUT2D eigenvalue weighted by molar-refractivity contribution is -0.385. The van der Waals surface area contributed by atoms with Crippen molar-refractivity contribution in [1.82, 2.24) is 9.47 Å². The Kier molecular flexibility index (Phi) is 8.22. The second kappa shape index (κ2) is 11.4. The quantitative estimate of drug-likeness (QED) is 0.217. The van der Waals surface area contributed by atoms with E-state index in [-0.39, 0.29) is 30.6 Å². The molecular weight excluding hydrogens is 546 g/mol. The van der Waals surface area contributed by atoms with Gasteiger partial charge in [-0.25, -0.2) is 4.39 Å². The molecule has 1 amide bonds. The summed E-state index contributed by atoms with van der Waals surface area (Å²) in [5.74, 6) is -0.638. The van der Waals surface area contributed by atoms with Gasteiger partial charge < -0.3 is 9.80 Å². The number of anilines is 1. The van der Waals surface area contributed by atoms with Gasteiger partial charge in [-0.1, -0.05) is 61.0 Å². The molecule has 4 aromatic rings. The molecule has 1 aromatic heterocycles. The monoisotopic (exact) mass is 570 g/mol. The van der Waals surface area contributed by atoms with Gasteiger partial charge in [0.05, 0.1) is 27.0 Å². The molecule has 0 unspecified atom stereocenters. The molecule has 5 rings (SSSR count). The predicted molar refractivity (Wildman–Crippen MR) is 152 cm³/mol. The summed E-state index contributed by atoms with van der Waals surface area (Å²) in [5, 5.41) is 13.4. The highest BCUT2D eigenvalue weighted by atomic mass is 35.5. The molecule has 0 bridgehead atoms. The Morgan fingerprint density at radius 2 is 1.62 bits per heavy atom. The third kappa shape index (κ3) is 5.46. The van der Waals surface area contributed by atoms with Crippen LogP contribution in [0.4, 0.5) is 15.8 Å². The summed E-state index contributed by atoms with van der Waals surface area (Å²) in [4.78, 5) is 41.5. The van der Waals surface area contributed by atoms with E-state index in [4.69, 9.17) is 23.2 Å². The van der Waals surface area contributed by atoms with E-state index in [9.17, 15) is 24.1 Å². The average molecular weight is 571 g/mol. The van der Waals surface area contributed by atoms with Gasteiger partial charge in [0.1, 0.15) is 11.5 Å². The minimum atomic E-state index is -0.748. The van der Waals surface area contributed by atoms with Crippen LogP contribution in [0.3, 0.4) is 0 Å². The van der Waals surface area contributed by atoms with Crippen molar-refractivity contribution in [2.24, 2.45) is 0 Å². The van der Waals surface area contributed by atoms with Gasteiger partial charge in [-0.15, -0.1) is 0 Å². The molecule has 1 aliphatic rings. The highest BCUT2D eigenvalue weighted by molar-refractivity contribution is 6.42. The van der Waals surface area contributed by atoms with Gasteiger partial charge in [-0.05, 0) is 42.0 Å². The molecule has 0 radical (unpaired) electrons. The Morgan fingerprint density at radius 3 is 2.26 bits per heavy atom. The second-order valence-corrected chi connectivity index (χ2v) is 9.71. The molecular formula is C28H25Cl2FN4O4. The van der Waals surface area contributed by atoms with Crippen molar-refractivity contribution in [2.75, 3.05) is 31.1 Å². The fourth-order valence-electron chi connectivity index (χ4n) is 4.73. The van der Waals surface area contributed by atoms with Crippen LogP contribution in [0.25, 0.3) is 10.9 Å². The molecule has 1 aliphatic heterocycles. The first kappa shape index (κ1) is 28.1. The van der Waals surface area contributed by atoms with Gasteiger partial charge >= 0.3 is 11.2 Å². The topological polar surface area (TPSA) is 88.7 Å². The van der Waals surface area contributed by atoms with Crippen LogP contribution >= 0.6 is 23.2 Å². The van der Waals surface area contributed by atoms with Crippen molar-refractivity contribution < 1.29 is 14.1 Å². The fraction of sp³-hybridized carbons (Fsp3) is 0.214. The van der Waals surface area contributed by atoms with Gasteiger partial charge in [0.25, 0.3) is 5.91 Å². The van der Waals surface area contributed by atoms with E-state index in [0.29, 0.717) is 53.2 Å². The smallest absolute Gasteiger partial charge is 0.357 e. The maximum Gasteiger partial charge on any atom is 0.357 e. The van der Waals surface area contributed by atoms with E-state index < -0.39 is 22.0 Å². The van der Waals surface area contributed by atoms with Gasteiger partial charge in [0, 0.05) is 37.1 Å². The number of carbonyl (C=O) groups excluding carboxylic acids is 1. The third-order valence-electron chi connectivity index (χ3n) is 6.61. The summed E-state index contributed by atoms with van der Waals surface area (Å²) in [7, 11) is 0. The minimum Gasteiger partial charge on any atom is -0.362 e. The number of nitro groups is 1. The van der Waals surface area contributed by atoms with E-state index in [0.717, 1.165) is 0 Å². The number of nitrogens with zero attached hydrogens (tertiary/aromatic N) is 4. The largest absolute Gasteiger partial charge is 0.362 e.